The standard InChI is InChI=1S/C19H23N3O5S/c1-4-27-19(24)14-5-7-15(8-6-14)20-28(25,26)16-11-17-18(23)22(13(2)3)10-9-21(17)12-16/h5-8,11-13,20H,4,9-10H2,1-3H3. The van der Waals surface area contributed by atoms with Gasteiger partial charge in [-0.05, 0) is 51.1 Å². The number of hydrogen-bond acceptors (Lipinski definition) is 5. The number of nitrogens with one attached hydrogen (secondary N) is 1. The fourth-order valence-corrected chi connectivity index (χ4v) is 4.15. The third-order valence-corrected chi connectivity index (χ3v) is 5.86. The lowest BCUT2D eigenvalue weighted by Crippen LogP contribution is -2.43. The van der Waals surface area contributed by atoms with Crippen LogP contribution in [0.15, 0.2) is 41.4 Å². The molecule has 9 heteroatoms. The summed E-state index contributed by atoms with van der Waals surface area (Å²) in [5.41, 5.74) is 1.01. The number of carbonyl (C=O) groups is 2. The SMILES string of the molecule is CCOC(=O)c1ccc(NS(=O)(=O)c2cc3n(c2)CCN(C(C)C)C3=O)cc1. The molecular weight excluding hydrogens is 382 g/mol. The number of sulfonamides is 1. The smallest absolute Gasteiger partial charge is 0.338 e. The molecule has 0 unspecified atom stereocenters. The Labute approximate surface area is 164 Å². The van der Waals surface area contributed by atoms with Gasteiger partial charge >= 0.3 is 5.97 Å². The molecule has 1 N–H and O–H groups in total. The first-order valence-electron chi connectivity index (χ1n) is 9.04. The molecule has 0 saturated carbocycles. The van der Waals surface area contributed by atoms with Gasteiger partial charge in [-0.3, -0.25) is 9.52 Å². The Morgan fingerprint density at radius 2 is 1.89 bits per heavy atom. The van der Waals surface area contributed by atoms with Crippen LogP contribution in [0, 0.1) is 0 Å². The van der Waals surface area contributed by atoms with Crippen LogP contribution in [0.4, 0.5) is 5.69 Å². The predicted octanol–water partition coefficient (Wildman–Crippen LogP) is 2.33. The maximum atomic E-state index is 12.7. The summed E-state index contributed by atoms with van der Waals surface area (Å²) < 4.78 is 34.5. The Kier molecular flexibility index (Phi) is 5.46. The lowest BCUT2D eigenvalue weighted by atomic mass is 10.2. The van der Waals surface area contributed by atoms with Crippen molar-refractivity contribution < 1.29 is 22.7 Å². The van der Waals surface area contributed by atoms with Crippen LogP contribution in [-0.2, 0) is 21.3 Å². The zero-order valence-corrected chi connectivity index (χ0v) is 16.8. The monoisotopic (exact) mass is 405 g/mol. The first-order chi connectivity index (χ1) is 13.2. The molecule has 1 aromatic heterocycles. The Morgan fingerprint density at radius 3 is 2.50 bits per heavy atom. The van der Waals surface area contributed by atoms with Crippen LogP contribution in [0.2, 0.25) is 0 Å². The number of aromatic nitrogens is 1. The van der Waals surface area contributed by atoms with Crippen molar-refractivity contribution in [2.45, 2.75) is 38.3 Å². The van der Waals surface area contributed by atoms with Crippen molar-refractivity contribution in [1.29, 1.82) is 0 Å². The van der Waals surface area contributed by atoms with E-state index in [2.05, 4.69) is 4.72 Å². The topological polar surface area (TPSA) is 97.7 Å². The maximum Gasteiger partial charge on any atom is 0.338 e. The van der Waals surface area contributed by atoms with Gasteiger partial charge in [0.2, 0.25) is 0 Å². The molecule has 2 aromatic rings. The van der Waals surface area contributed by atoms with Crippen LogP contribution in [0.5, 0.6) is 0 Å². The molecule has 2 heterocycles. The fourth-order valence-electron chi connectivity index (χ4n) is 3.05. The van der Waals surface area contributed by atoms with Crippen LogP contribution in [0.1, 0.15) is 41.6 Å². The molecular formula is C19H23N3O5S. The van der Waals surface area contributed by atoms with Crippen LogP contribution >= 0.6 is 0 Å². The van der Waals surface area contributed by atoms with Gasteiger partial charge in [-0.2, -0.15) is 0 Å². The van der Waals surface area contributed by atoms with Gasteiger partial charge in [0.25, 0.3) is 15.9 Å². The van der Waals surface area contributed by atoms with Crippen molar-refractivity contribution in [2.75, 3.05) is 17.9 Å². The van der Waals surface area contributed by atoms with Gasteiger partial charge in [0, 0.05) is 31.0 Å². The number of rotatable bonds is 6. The van der Waals surface area contributed by atoms with E-state index in [9.17, 15) is 18.0 Å². The Balaban J connectivity index is 1.80. The summed E-state index contributed by atoms with van der Waals surface area (Å²) in [5, 5.41) is 0. The molecule has 1 aliphatic heterocycles. The first-order valence-corrected chi connectivity index (χ1v) is 10.5. The van der Waals surface area contributed by atoms with Crippen LogP contribution < -0.4 is 4.72 Å². The van der Waals surface area contributed by atoms with Crippen LogP contribution in [0.3, 0.4) is 0 Å². The van der Waals surface area contributed by atoms with Gasteiger partial charge in [-0.25, -0.2) is 13.2 Å². The average molecular weight is 405 g/mol. The van der Waals surface area contributed by atoms with Gasteiger partial charge in [0.15, 0.2) is 0 Å². The molecule has 0 spiro atoms. The number of ether oxygens (including phenoxy) is 1. The number of carbonyl (C=O) groups excluding carboxylic acids is 2. The number of benzene rings is 1. The summed E-state index contributed by atoms with van der Waals surface area (Å²) in [6.45, 7) is 6.91. The summed E-state index contributed by atoms with van der Waals surface area (Å²) >= 11 is 0. The highest BCUT2D eigenvalue weighted by molar-refractivity contribution is 7.92. The fraction of sp³-hybridized carbons (Fsp3) is 0.368. The number of nitrogens with zero attached hydrogens (tertiary/aromatic N) is 2. The number of hydrogen-bond donors (Lipinski definition) is 1. The van der Waals surface area contributed by atoms with E-state index in [1.165, 1.54) is 36.5 Å². The lowest BCUT2D eigenvalue weighted by Gasteiger charge is -2.31. The van der Waals surface area contributed by atoms with Crippen molar-refractivity contribution in [3.63, 3.8) is 0 Å². The summed E-state index contributed by atoms with van der Waals surface area (Å²) in [4.78, 5) is 26.0. The van der Waals surface area contributed by atoms with E-state index in [1.807, 2.05) is 13.8 Å². The molecule has 0 atom stereocenters. The molecule has 0 fully saturated rings. The van der Waals surface area contributed by atoms with Crippen LogP contribution in [-0.4, -0.2) is 49.0 Å². The molecule has 1 aliphatic rings. The third kappa shape index (κ3) is 3.89. The Hall–Kier alpha value is -2.81. The minimum absolute atomic E-state index is 0.0240. The highest BCUT2D eigenvalue weighted by atomic mass is 32.2. The molecule has 0 radical (unpaired) electrons. The highest BCUT2D eigenvalue weighted by Crippen LogP contribution is 2.23. The minimum atomic E-state index is -3.87. The maximum absolute atomic E-state index is 12.7. The van der Waals surface area contributed by atoms with Crippen molar-refractivity contribution in [1.82, 2.24) is 9.47 Å². The van der Waals surface area contributed by atoms with Gasteiger partial charge in [0.1, 0.15) is 10.6 Å². The van der Waals surface area contributed by atoms with E-state index in [1.54, 1.807) is 16.4 Å². The average Bonchev–Trinajstić information content (AvgIpc) is 3.08. The number of anilines is 1. The largest absolute Gasteiger partial charge is 0.462 e. The summed E-state index contributed by atoms with van der Waals surface area (Å²) in [5.74, 6) is -0.647. The Bertz CT molecular complexity index is 993. The van der Waals surface area contributed by atoms with E-state index < -0.39 is 16.0 Å². The van der Waals surface area contributed by atoms with Gasteiger partial charge in [0.05, 0.1) is 12.2 Å². The normalized spacial score (nSPS) is 14.1. The van der Waals surface area contributed by atoms with E-state index in [4.69, 9.17) is 4.74 Å². The molecule has 1 aromatic carbocycles. The zero-order chi connectivity index (χ0) is 20.5. The van der Waals surface area contributed by atoms with Gasteiger partial charge in [-0.15, -0.1) is 0 Å². The molecule has 28 heavy (non-hydrogen) atoms. The lowest BCUT2D eigenvalue weighted by molar-refractivity contribution is 0.0526. The number of fused-ring (bicyclic) bond motifs is 1. The second kappa shape index (κ2) is 7.67. The van der Waals surface area contributed by atoms with Crippen molar-refractivity contribution in [3.05, 3.63) is 47.8 Å². The second-order valence-corrected chi connectivity index (χ2v) is 8.43. The van der Waals surface area contributed by atoms with E-state index in [-0.39, 0.29) is 23.5 Å². The van der Waals surface area contributed by atoms with Crippen molar-refractivity contribution in [2.24, 2.45) is 0 Å². The molecule has 3 rings (SSSR count). The second-order valence-electron chi connectivity index (χ2n) is 6.75. The Morgan fingerprint density at radius 1 is 1.21 bits per heavy atom. The minimum Gasteiger partial charge on any atom is -0.462 e. The first kappa shape index (κ1) is 19.9. The molecule has 0 aliphatic carbocycles. The summed E-state index contributed by atoms with van der Waals surface area (Å²) in [6.07, 6.45) is 1.47. The number of amides is 1. The summed E-state index contributed by atoms with van der Waals surface area (Å²) in [7, 11) is -3.87. The predicted molar refractivity (Wildman–Crippen MR) is 104 cm³/mol. The van der Waals surface area contributed by atoms with Crippen molar-refractivity contribution in [3.8, 4) is 0 Å². The van der Waals surface area contributed by atoms with E-state index in [0.29, 0.717) is 30.0 Å². The van der Waals surface area contributed by atoms with E-state index in [0.717, 1.165) is 0 Å². The van der Waals surface area contributed by atoms with Crippen LogP contribution in [0.25, 0.3) is 0 Å². The van der Waals surface area contributed by atoms with E-state index >= 15 is 0 Å². The molecule has 1 amide bonds. The quantitative estimate of drug-likeness (QED) is 0.744. The van der Waals surface area contributed by atoms with Gasteiger partial charge in [-0.1, -0.05) is 0 Å². The van der Waals surface area contributed by atoms with Crippen molar-refractivity contribution >= 4 is 27.6 Å². The van der Waals surface area contributed by atoms with Gasteiger partial charge < -0.3 is 14.2 Å². The molecule has 8 nitrogen and oxygen atoms in total. The number of esters is 1. The zero-order valence-electron chi connectivity index (χ0n) is 16.0. The summed E-state index contributed by atoms with van der Waals surface area (Å²) in [6, 6.07) is 7.41. The third-order valence-electron chi connectivity index (χ3n) is 4.52. The highest BCUT2D eigenvalue weighted by Gasteiger charge is 2.29. The molecule has 150 valence electrons. The molecule has 0 saturated heterocycles. The molecule has 0 bridgehead atoms.